The van der Waals surface area contributed by atoms with E-state index < -0.39 is 11.8 Å². The van der Waals surface area contributed by atoms with Crippen molar-refractivity contribution in [2.75, 3.05) is 10.6 Å². The monoisotopic (exact) mass is 462 g/mol. The van der Waals surface area contributed by atoms with E-state index in [9.17, 15) is 14.0 Å². The van der Waals surface area contributed by atoms with Crippen LogP contribution in [0.4, 0.5) is 20.7 Å². The fraction of sp³-hybridized carbons (Fsp3) is 0.240. The normalized spacial score (nSPS) is 24.0. The number of para-hydroxylation sites is 1. The maximum absolute atomic E-state index is 13.7. The zero-order chi connectivity index (χ0) is 23.8. The van der Waals surface area contributed by atoms with Gasteiger partial charge in [0.25, 0.3) is 0 Å². The number of benzene rings is 1. The quantitative estimate of drug-likeness (QED) is 0.582. The van der Waals surface area contributed by atoms with Crippen molar-refractivity contribution in [3.05, 3.63) is 83.7 Å². The fourth-order valence-corrected chi connectivity index (χ4v) is 4.18. The highest BCUT2D eigenvalue weighted by atomic mass is 19.1. The largest absolute Gasteiger partial charge is 0.487 e. The molecule has 1 aromatic heterocycles. The second kappa shape index (κ2) is 8.66. The molecule has 3 N–H and O–H groups in total. The molecule has 5 rings (SSSR count). The number of fused-ring (bicyclic) bond motifs is 2. The summed E-state index contributed by atoms with van der Waals surface area (Å²) in [5.74, 6) is 1.87. The summed E-state index contributed by atoms with van der Waals surface area (Å²) >= 11 is 0. The van der Waals surface area contributed by atoms with Gasteiger partial charge in [-0.15, -0.1) is 0 Å². The first-order valence-corrected chi connectivity index (χ1v) is 10.9. The standard InChI is InChI=1S/C25H23FN4O4/c1-13(33-19-11-12-27-24-15(19)8-10-20(31)29-24)7-9-18-14(2)21-22(23(21)34-18)30-25(32)28-17-6-4-3-5-16(17)26/h3-7,9,11-12,21-23H,2,8,10H2,1H3,(H,27,29,31)(H2,28,30,32)/b13-7+,18-9+/t21-,22-,23-/m0/s1. The molecule has 34 heavy (non-hydrogen) atoms. The molecule has 1 saturated carbocycles. The third-order valence-electron chi connectivity index (χ3n) is 5.97. The van der Waals surface area contributed by atoms with Crippen LogP contribution in [0, 0.1) is 11.7 Å². The minimum Gasteiger partial charge on any atom is -0.487 e. The zero-order valence-corrected chi connectivity index (χ0v) is 18.4. The molecule has 3 aliphatic rings. The van der Waals surface area contributed by atoms with Gasteiger partial charge in [0, 0.05) is 18.2 Å². The van der Waals surface area contributed by atoms with Crippen molar-refractivity contribution >= 4 is 23.4 Å². The van der Waals surface area contributed by atoms with E-state index >= 15 is 0 Å². The molecular weight excluding hydrogens is 439 g/mol. The Morgan fingerprint density at radius 3 is 2.91 bits per heavy atom. The van der Waals surface area contributed by atoms with Gasteiger partial charge in [-0.25, -0.2) is 14.2 Å². The van der Waals surface area contributed by atoms with Crippen LogP contribution < -0.4 is 20.7 Å². The Labute approximate surface area is 195 Å². The van der Waals surface area contributed by atoms with Crippen molar-refractivity contribution < 1.29 is 23.5 Å². The Hall–Kier alpha value is -4.14. The van der Waals surface area contributed by atoms with Crippen LogP contribution in [0.3, 0.4) is 0 Å². The van der Waals surface area contributed by atoms with E-state index in [2.05, 4.69) is 27.5 Å². The highest BCUT2D eigenvalue weighted by Gasteiger charge is 2.60. The summed E-state index contributed by atoms with van der Waals surface area (Å²) < 4.78 is 25.6. The molecule has 9 heteroatoms. The van der Waals surface area contributed by atoms with Crippen LogP contribution in [0.15, 0.2) is 72.4 Å². The number of allylic oxidation sites excluding steroid dienone is 4. The average Bonchev–Trinajstić information content (AvgIpc) is 3.36. The summed E-state index contributed by atoms with van der Waals surface area (Å²) in [7, 11) is 0. The predicted octanol–water partition coefficient (Wildman–Crippen LogP) is 4.05. The topological polar surface area (TPSA) is 102 Å². The number of anilines is 2. The van der Waals surface area contributed by atoms with Gasteiger partial charge in [0.2, 0.25) is 5.91 Å². The molecule has 2 aliphatic heterocycles. The second-order valence-corrected chi connectivity index (χ2v) is 8.33. The lowest BCUT2D eigenvalue weighted by atomic mass is 10.1. The Bertz CT molecular complexity index is 1260. The van der Waals surface area contributed by atoms with Gasteiger partial charge < -0.3 is 25.4 Å². The number of ether oxygens (including phenoxy) is 2. The summed E-state index contributed by atoms with van der Waals surface area (Å²) in [6.45, 7) is 5.92. The van der Waals surface area contributed by atoms with Crippen LogP contribution in [-0.4, -0.2) is 29.1 Å². The van der Waals surface area contributed by atoms with Crippen molar-refractivity contribution in [1.29, 1.82) is 0 Å². The smallest absolute Gasteiger partial charge is 0.319 e. The Morgan fingerprint density at radius 1 is 1.32 bits per heavy atom. The van der Waals surface area contributed by atoms with E-state index in [4.69, 9.17) is 9.47 Å². The third-order valence-corrected chi connectivity index (χ3v) is 5.97. The van der Waals surface area contributed by atoms with E-state index in [0.717, 1.165) is 11.1 Å². The molecule has 8 nitrogen and oxygen atoms in total. The van der Waals surface area contributed by atoms with Gasteiger partial charge in [0.1, 0.15) is 35.0 Å². The first-order valence-electron chi connectivity index (χ1n) is 10.9. The first-order chi connectivity index (χ1) is 16.4. The van der Waals surface area contributed by atoms with Gasteiger partial charge >= 0.3 is 6.03 Å². The fourth-order valence-electron chi connectivity index (χ4n) is 4.18. The lowest BCUT2D eigenvalue weighted by Gasteiger charge is -2.18. The molecule has 0 spiro atoms. The third kappa shape index (κ3) is 4.24. The molecule has 1 aromatic carbocycles. The van der Waals surface area contributed by atoms with Gasteiger partial charge in [-0.1, -0.05) is 18.7 Å². The van der Waals surface area contributed by atoms with Crippen molar-refractivity contribution in [3.63, 3.8) is 0 Å². The molecule has 1 saturated heterocycles. The molecule has 3 atom stereocenters. The number of hydrogen-bond acceptors (Lipinski definition) is 5. The van der Waals surface area contributed by atoms with Crippen LogP contribution in [0.25, 0.3) is 0 Å². The number of hydrogen-bond donors (Lipinski definition) is 3. The van der Waals surface area contributed by atoms with Crippen molar-refractivity contribution in [2.24, 2.45) is 5.92 Å². The van der Waals surface area contributed by atoms with Crippen LogP contribution >= 0.6 is 0 Å². The van der Waals surface area contributed by atoms with Crippen molar-refractivity contribution in [3.8, 4) is 5.75 Å². The molecule has 3 heterocycles. The molecule has 1 aliphatic carbocycles. The van der Waals surface area contributed by atoms with E-state index in [1.54, 1.807) is 36.5 Å². The number of carbonyl (C=O) groups is 2. The van der Waals surface area contributed by atoms with E-state index in [-0.39, 0.29) is 29.7 Å². The van der Waals surface area contributed by atoms with Crippen LogP contribution in [0.5, 0.6) is 5.75 Å². The first kappa shape index (κ1) is 21.7. The highest BCUT2D eigenvalue weighted by molar-refractivity contribution is 5.93. The highest BCUT2D eigenvalue weighted by Crippen LogP contribution is 2.50. The number of rotatable bonds is 5. The Morgan fingerprint density at radius 2 is 2.15 bits per heavy atom. The van der Waals surface area contributed by atoms with Gasteiger partial charge in [0.05, 0.1) is 17.6 Å². The SMILES string of the molecule is C=C1/C(=C\C=C(/C)Oc2ccnc3c2CCC(=O)N3)O[C@@H]2[C@@H](NC(=O)Nc3ccccc3F)[C@H]12. The molecule has 2 aromatic rings. The second-order valence-electron chi connectivity index (χ2n) is 8.33. The summed E-state index contributed by atoms with van der Waals surface area (Å²) in [5, 5.41) is 8.07. The number of nitrogens with zero attached hydrogens (tertiary/aromatic N) is 1. The number of nitrogens with one attached hydrogen (secondary N) is 3. The maximum Gasteiger partial charge on any atom is 0.319 e. The average molecular weight is 462 g/mol. The molecule has 0 radical (unpaired) electrons. The molecule has 3 amide bonds. The van der Waals surface area contributed by atoms with Crippen molar-refractivity contribution in [1.82, 2.24) is 10.3 Å². The number of pyridine rings is 1. The molecule has 0 unspecified atom stereocenters. The van der Waals surface area contributed by atoms with Gasteiger partial charge in [-0.2, -0.15) is 0 Å². The lowest BCUT2D eigenvalue weighted by Crippen LogP contribution is -2.34. The van der Waals surface area contributed by atoms with Crippen molar-refractivity contribution in [2.45, 2.75) is 31.9 Å². The summed E-state index contributed by atoms with van der Waals surface area (Å²) in [5.41, 5.74) is 1.77. The minimum atomic E-state index is -0.499. The summed E-state index contributed by atoms with van der Waals surface area (Å²) in [6.07, 6.45) is 5.93. The van der Waals surface area contributed by atoms with Crippen LogP contribution in [0.1, 0.15) is 18.9 Å². The summed E-state index contributed by atoms with van der Waals surface area (Å²) in [6, 6.07) is 7.04. The van der Waals surface area contributed by atoms with E-state index in [1.165, 1.54) is 12.1 Å². The zero-order valence-electron chi connectivity index (χ0n) is 18.4. The van der Waals surface area contributed by atoms with Crippen LogP contribution in [-0.2, 0) is 16.0 Å². The molecular formula is C25H23FN4O4. The number of amides is 3. The maximum atomic E-state index is 13.7. The minimum absolute atomic E-state index is 0.0249. The number of urea groups is 1. The van der Waals surface area contributed by atoms with Gasteiger partial charge in [-0.3, -0.25) is 4.79 Å². The van der Waals surface area contributed by atoms with Gasteiger partial charge in [-0.05, 0) is 49.3 Å². The van der Waals surface area contributed by atoms with E-state index in [0.29, 0.717) is 35.9 Å². The number of aromatic nitrogens is 1. The summed E-state index contributed by atoms with van der Waals surface area (Å²) in [4.78, 5) is 28.0. The number of halogens is 1. The molecule has 2 fully saturated rings. The molecule has 0 bridgehead atoms. The predicted molar refractivity (Wildman–Crippen MR) is 124 cm³/mol. The van der Waals surface area contributed by atoms with Gasteiger partial charge in [0.15, 0.2) is 0 Å². The molecule has 174 valence electrons. The Balaban J connectivity index is 1.17. The van der Waals surface area contributed by atoms with E-state index in [1.807, 2.05) is 6.92 Å². The lowest BCUT2D eigenvalue weighted by molar-refractivity contribution is -0.116. The number of carbonyl (C=O) groups excluding carboxylic acids is 2. The Kier molecular flexibility index (Phi) is 5.53. The van der Waals surface area contributed by atoms with Crippen LogP contribution in [0.2, 0.25) is 0 Å².